The van der Waals surface area contributed by atoms with E-state index in [-0.39, 0.29) is 11.7 Å². The molecule has 0 aliphatic heterocycles. The Morgan fingerprint density at radius 3 is 2.42 bits per heavy atom. The van der Waals surface area contributed by atoms with Gasteiger partial charge in [0.1, 0.15) is 5.75 Å². The molecule has 0 radical (unpaired) electrons. The standard InChI is InChI=1S/C14H17F3O2/c1-10-3-2-8-13(10,18)9-11-4-6-12(7-5-11)19-14(15,16)17/h4-7,10,18H,2-3,8-9H2,1H3. The molecule has 1 saturated carbocycles. The summed E-state index contributed by atoms with van der Waals surface area (Å²) in [6.07, 6.45) is -1.46. The van der Waals surface area contributed by atoms with Gasteiger partial charge in [0, 0.05) is 6.42 Å². The maximum absolute atomic E-state index is 12.0. The molecule has 5 heteroatoms. The smallest absolute Gasteiger partial charge is 0.406 e. The molecule has 1 N–H and O–H groups in total. The van der Waals surface area contributed by atoms with E-state index in [0.29, 0.717) is 6.42 Å². The second-order valence-corrected chi connectivity index (χ2v) is 5.27. The molecule has 0 amide bonds. The van der Waals surface area contributed by atoms with Crippen LogP contribution in [0.2, 0.25) is 0 Å². The van der Waals surface area contributed by atoms with Crippen molar-refractivity contribution in [3.8, 4) is 5.75 Å². The number of benzene rings is 1. The van der Waals surface area contributed by atoms with Gasteiger partial charge in [-0.1, -0.05) is 25.5 Å². The van der Waals surface area contributed by atoms with Gasteiger partial charge < -0.3 is 9.84 Å². The van der Waals surface area contributed by atoms with E-state index in [1.165, 1.54) is 12.1 Å². The van der Waals surface area contributed by atoms with Gasteiger partial charge >= 0.3 is 6.36 Å². The summed E-state index contributed by atoms with van der Waals surface area (Å²) in [5.74, 6) is -0.0127. The van der Waals surface area contributed by atoms with Crippen molar-refractivity contribution < 1.29 is 23.0 Å². The van der Waals surface area contributed by atoms with Gasteiger partial charge in [0.05, 0.1) is 5.60 Å². The van der Waals surface area contributed by atoms with Crippen molar-refractivity contribution in [2.45, 2.75) is 44.6 Å². The third kappa shape index (κ3) is 3.62. The van der Waals surface area contributed by atoms with Crippen molar-refractivity contribution in [3.05, 3.63) is 29.8 Å². The Kier molecular flexibility index (Phi) is 3.76. The van der Waals surface area contributed by atoms with Gasteiger partial charge in [0.15, 0.2) is 0 Å². The molecule has 106 valence electrons. The first-order valence-corrected chi connectivity index (χ1v) is 6.36. The summed E-state index contributed by atoms with van der Waals surface area (Å²) >= 11 is 0. The number of halogens is 3. The van der Waals surface area contributed by atoms with E-state index in [2.05, 4.69) is 4.74 Å². The number of alkyl halides is 3. The molecule has 1 aromatic rings. The largest absolute Gasteiger partial charge is 0.573 e. The summed E-state index contributed by atoms with van der Waals surface area (Å²) in [5.41, 5.74) is 0.0950. The average Bonchev–Trinajstić information content (AvgIpc) is 2.60. The summed E-state index contributed by atoms with van der Waals surface area (Å²) in [4.78, 5) is 0. The summed E-state index contributed by atoms with van der Waals surface area (Å²) in [6, 6.07) is 5.71. The lowest BCUT2D eigenvalue weighted by Gasteiger charge is -2.27. The van der Waals surface area contributed by atoms with Crippen LogP contribution in [0.5, 0.6) is 5.75 Å². The fraction of sp³-hybridized carbons (Fsp3) is 0.571. The zero-order valence-electron chi connectivity index (χ0n) is 10.7. The third-order valence-electron chi connectivity index (χ3n) is 3.83. The highest BCUT2D eigenvalue weighted by molar-refractivity contribution is 5.28. The van der Waals surface area contributed by atoms with E-state index < -0.39 is 12.0 Å². The minimum absolute atomic E-state index is 0.221. The molecule has 19 heavy (non-hydrogen) atoms. The molecule has 1 aromatic carbocycles. The van der Waals surface area contributed by atoms with Crippen molar-refractivity contribution in [2.75, 3.05) is 0 Å². The van der Waals surface area contributed by atoms with Gasteiger partial charge in [-0.05, 0) is 36.5 Å². The summed E-state index contributed by atoms with van der Waals surface area (Å²) in [5, 5.41) is 10.5. The molecule has 0 aromatic heterocycles. The molecular formula is C14H17F3O2. The van der Waals surface area contributed by atoms with Crippen LogP contribution in [0.25, 0.3) is 0 Å². The van der Waals surface area contributed by atoms with Gasteiger partial charge in [0.2, 0.25) is 0 Å². The van der Waals surface area contributed by atoms with Crippen LogP contribution >= 0.6 is 0 Å². The molecule has 2 atom stereocenters. The quantitative estimate of drug-likeness (QED) is 0.911. The van der Waals surface area contributed by atoms with Crippen molar-refractivity contribution in [1.82, 2.24) is 0 Å². The van der Waals surface area contributed by atoms with Crippen molar-refractivity contribution in [2.24, 2.45) is 5.92 Å². The molecule has 0 saturated heterocycles. The van der Waals surface area contributed by atoms with Gasteiger partial charge in [-0.25, -0.2) is 0 Å². The lowest BCUT2D eigenvalue weighted by molar-refractivity contribution is -0.274. The molecular weight excluding hydrogens is 257 g/mol. The zero-order chi connectivity index (χ0) is 14.1. The second kappa shape index (κ2) is 5.04. The number of aliphatic hydroxyl groups is 1. The van der Waals surface area contributed by atoms with E-state index in [4.69, 9.17) is 0 Å². The molecule has 2 nitrogen and oxygen atoms in total. The van der Waals surface area contributed by atoms with Crippen LogP contribution in [0.15, 0.2) is 24.3 Å². The van der Waals surface area contributed by atoms with E-state index in [1.54, 1.807) is 12.1 Å². The van der Waals surface area contributed by atoms with Crippen molar-refractivity contribution in [1.29, 1.82) is 0 Å². The van der Waals surface area contributed by atoms with E-state index in [9.17, 15) is 18.3 Å². The molecule has 0 heterocycles. The number of hydrogen-bond donors (Lipinski definition) is 1. The first-order valence-electron chi connectivity index (χ1n) is 6.36. The lowest BCUT2D eigenvalue weighted by Crippen LogP contribution is -2.34. The fourth-order valence-electron chi connectivity index (χ4n) is 2.65. The van der Waals surface area contributed by atoms with Gasteiger partial charge in [-0.15, -0.1) is 13.2 Å². The van der Waals surface area contributed by atoms with Crippen LogP contribution in [0.1, 0.15) is 31.7 Å². The highest BCUT2D eigenvalue weighted by atomic mass is 19.4. The first-order chi connectivity index (χ1) is 8.78. The monoisotopic (exact) mass is 274 g/mol. The SMILES string of the molecule is CC1CCCC1(O)Cc1ccc(OC(F)(F)F)cc1. The molecule has 2 unspecified atom stereocenters. The van der Waals surface area contributed by atoms with E-state index in [0.717, 1.165) is 24.8 Å². The van der Waals surface area contributed by atoms with Crippen LogP contribution in [0.4, 0.5) is 13.2 Å². The minimum Gasteiger partial charge on any atom is -0.406 e. The third-order valence-corrected chi connectivity index (χ3v) is 3.83. The lowest BCUT2D eigenvalue weighted by atomic mass is 9.86. The van der Waals surface area contributed by atoms with Crippen LogP contribution in [-0.2, 0) is 6.42 Å². The Morgan fingerprint density at radius 1 is 1.32 bits per heavy atom. The molecule has 0 spiro atoms. The Hall–Kier alpha value is -1.23. The molecule has 0 bridgehead atoms. The maximum atomic E-state index is 12.0. The summed E-state index contributed by atoms with van der Waals surface area (Å²) in [7, 11) is 0. The predicted octanol–water partition coefficient (Wildman–Crippen LogP) is 3.68. The molecule has 2 rings (SSSR count). The highest BCUT2D eigenvalue weighted by Crippen LogP contribution is 2.38. The first kappa shape index (κ1) is 14.2. The van der Waals surface area contributed by atoms with Crippen molar-refractivity contribution >= 4 is 0 Å². The molecule has 1 fully saturated rings. The fourth-order valence-corrected chi connectivity index (χ4v) is 2.65. The van der Waals surface area contributed by atoms with Crippen LogP contribution in [0.3, 0.4) is 0 Å². The number of rotatable bonds is 3. The Morgan fingerprint density at radius 2 is 1.95 bits per heavy atom. The Bertz CT molecular complexity index is 427. The molecule has 1 aliphatic rings. The van der Waals surface area contributed by atoms with Crippen LogP contribution < -0.4 is 4.74 Å². The van der Waals surface area contributed by atoms with E-state index >= 15 is 0 Å². The minimum atomic E-state index is -4.67. The highest BCUT2D eigenvalue weighted by Gasteiger charge is 2.38. The average molecular weight is 274 g/mol. The Labute approximate surface area is 110 Å². The van der Waals surface area contributed by atoms with Gasteiger partial charge in [0.25, 0.3) is 0 Å². The van der Waals surface area contributed by atoms with Gasteiger partial charge in [-0.2, -0.15) is 0 Å². The zero-order valence-corrected chi connectivity index (χ0v) is 10.7. The van der Waals surface area contributed by atoms with Gasteiger partial charge in [-0.3, -0.25) is 0 Å². The number of hydrogen-bond acceptors (Lipinski definition) is 2. The summed E-state index contributed by atoms with van der Waals surface area (Å²) in [6.45, 7) is 2.01. The maximum Gasteiger partial charge on any atom is 0.573 e. The summed E-state index contributed by atoms with van der Waals surface area (Å²) < 4.78 is 39.9. The van der Waals surface area contributed by atoms with Crippen molar-refractivity contribution in [3.63, 3.8) is 0 Å². The normalized spacial score (nSPS) is 27.5. The van der Waals surface area contributed by atoms with E-state index in [1.807, 2.05) is 6.92 Å². The number of ether oxygens (including phenoxy) is 1. The topological polar surface area (TPSA) is 29.5 Å². The Balaban J connectivity index is 2.03. The van der Waals surface area contributed by atoms with Crippen LogP contribution in [-0.4, -0.2) is 17.1 Å². The van der Waals surface area contributed by atoms with Crippen LogP contribution in [0, 0.1) is 5.92 Å². The molecule has 1 aliphatic carbocycles. The second-order valence-electron chi connectivity index (χ2n) is 5.27. The predicted molar refractivity (Wildman–Crippen MR) is 64.8 cm³/mol.